The van der Waals surface area contributed by atoms with Gasteiger partial charge < -0.3 is 15.7 Å². The van der Waals surface area contributed by atoms with E-state index in [1.54, 1.807) is 13.8 Å². The van der Waals surface area contributed by atoms with Crippen LogP contribution in [-0.2, 0) is 11.3 Å². The minimum Gasteiger partial charge on any atom is -0.481 e. The number of hydrogen-bond donors (Lipinski definition) is 3. The molecule has 2 amide bonds. The summed E-state index contributed by atoms with van der Waals surface area (Å²) in [5.74, 6) is -3.06. The average Bonchev–Trinajstić information content (AvgIpc) is 2.39. The van der Waals surface area contributed by atoms with Crippen molar-refractivity contribution in [3.05, 3.63) is 35.4 Å². The van der Waals surface area contributed by atoms with Gasteiger partial charge in [-0.05, 0) is 24.1 Å². The number of nitrogens with one attached hydrogen (secondary N) is 2. The van der Waals surface area contributed by atoms with Gasteiger partial charge in [0.1, 0.15) is 11.6 Å². The van der Waals surface area contributed by atoms with Crippen molar-refractivity contribution < 1.29 is 23.5 Å². The second-order valence-corrected chi connectivity index (χ2v) is 4.99. The summed E-state index contributed by atoms with van der Waals surface area (Å²) in [4.78, 5) is 22.5. The maximum absolute atomic E-state index is 13.3. The van der Waals surface area contributed by atoms with Crippen molar-refractivity contribution in [2.75, 3.05) is 6.54 Å². The fraction of sp³-hybridized carbons (Fsp3) is 0.429. The Labute approximate surface area is 121 Å². The lowest BCUT2D eigenvalue weighted by Gasteiger charge is -2.17. The van der Waals surface area contributed by atoms with Crippen LogP contribution in [0.25, 0.3) is 0 Å². The smallest absolute Gasteiger partial charge is 0.315 e. The number of benzene rings is 1. The summed E-state index contributed by atoms with van der Waals surface area (Å²) in [6, 6.07) is 2.32. The molecule has 0 aromatic heterocycles. The highest BCUT2D eigenvalue weighted by atomic mass is 19.1. The SMILES string of the molecule is CC(C)C(CNC(=O)NCc1cc(F)ccc1F)C(=O)O. The summed E-state index contributed by atoms with van der Waals surface area (Å²) in [5.41, 5.74) is 0.0174. The molecule has 0 aliphatic rings. The summed E-state index contributed by atoms with van der Waals surface area (Å²) < 4.78 is 26.3. The zero-order chi connectivity index (χ0) is 16.0. The molecule has 1 rings (SSSR count). The third-order valence-electron chi connectivity index (χ3n) is 3.05. The maximum atomic E-state index is 13.3. The first-order valence-corrected chi connectivity index (χ1v) is 6.49. The van der Waals surface area contributed by atoms with Crippen LogP contribution in [0.4, 0.5) is 13.6 Å². The van der Waals surface area contributed by atoms with Gasteiger partial charge in [-0.1, -0.05) is 13.8 Å². The molecule has 0 heterocycles. The Morgan fingerprint density at radius 3 is 2.48 bits per heavy atom. The van der Waals surface area contributed by atoms with Crippen molar-refractivity contribution in [3.63, 3.8) is 0 Å². The van der Waals surface area contributed by atoms with Crippen molar-refractivity contribution in [2.45, 2.75) is 20.4 Å². The molecular weight excluding hydrogens is 282 g/mol. The summed E-state index contributed by atoms with van der Waals surface area (Å²) in [6.45, 7) is 3.25. The Morgan fingerprint density at radius 2 is 1.90 bits per heavy atom. The Kier molecular flexibility index (Phi) is 6.08. The van der Waals surface area contributed by atoms with E-state index in [1.807, 2.05) is 0 Å². The summed E-state index contributed by atoms with van der Waals surface area (Å²) in [5, 5.41) is 13.7. The minimum absolute atomic E-state index is 0.0174. The number of carbonyl (C=O) groups is 2. The molecule has 0 aliphatic carbocycles. The van der Waals surface area contributed by atoms with E-state index in [-0.39, 0.29) is 24.6 Å². The molecule has 0 fully saturated rings. The predicted octanol–water partition coefficient (Wildman–Crippen LogP) is 2.12. The second kappa shape index (κ2) is 7.56. The lowest BCUT2D eigenvalue weighted by atomic mass is 9.96. The number of halogens is 2. The molecule has 0 spiro atoms. The predicted molar refractivity (Wildman–Crippen MR) is 72.6 cm³/mol. The lowest BCUT2D eigenvalue weighted by Crippen LogP contribution is -2.41. The molecule has 1 unspecified atom stereocenters. The third kappa shape index (κ3) is 5.37. The molecule has 0 aliphatic heterocycles. The van der Waals surface area contributed by atoms with Crippen molar-refractivity contribution in [3.8, 4) is 0 Å². The molecule has 5 nitrogen and oxygen atoms in total. The first kappa shape index (κ1) is 16.9. The maximum Gasteiger partial charge on any atom is 0.315 e. The van der Waals surface area contributed by atoms with Gasteiger partial charge in [-0.25, -0.2) is 13.6 Å². The van der Waals surface area contributed by atoms with E-state index < -0.39 is 29.6 Å². The summed E-state index contributed by atoms with van der Waals surface area (Å²) >= 11 is 0. The topological polar surface area (TPSA) is 78.4 Å². The molecule has 0 saturated carbocycles. The Balaban J connectivity index is 2.47. The third-order valence-corrected chi connectivity index (χ3v) is 3.05. The Bertz CT molecular complexity index is 521. The van der Waals surface area contributed by atoms with Gasteiger partial charge >= 0.3 is 12.0 Å². The second-order valence-electron chi connectivity index (χ2n) is 4.99. The molecule has 1 aromatic rings. The largest absolute Gasteiger partial charge is 0.481 e. The standard InChI is InChI=1S/C14H18F2N2O3/c1-8(2)11(13(19)20)7-18-14(21)17-6-9-5-10(15)3-4-12(9)16/h3-5,8,11H,6-7H2,1-2H3,(H,19,20)(H2,17,18,21). The van der Waals surface area contributed by atoms with E-state index in [4.69, 9.17) is 5.11 Å². The van der Waals surface area contributed by atoms with Gasteiger partial charge in [0.05, 0.1) is 5.92 Å². The molecule has 3 N–H and O–H groups in total. The van der Waals surface area contributed by atoms with Crippen LogP contribution in [0.2, 0.25) is 0 Å². The van der Waals surface area contributed by atoms with Crippen molar-refractivity contribution in [2.24, 2.45) is 11.8 Å². The van der Waals surface area contributed by atoms with Crippen LogP contribution in [0.3, 0.4) is 0 Å². The van der Waals surface area contributed by atoms with Gasteiger partial charge in [-0.3, -0.25) is 4.79 Å². The van der Waals surface area contributed by atoms with Crippen LogP contribution in [-0.4, -0.2) is 23.7 Å². The van der Waals surface area contributed by atoms with E-state index in [0.29, 0.717) is 0 Å². The van der Waals surface area contributed by atoms with E-state index in [9.17, 15) is 18.4 Å². The molecule has 0 saturated heterocycles. The fourth-order valence-electron chi connectivity index (χ4n) is 1.73. The van der Waals surface area contributed by atoms with Gasteiger partial charge in [0.15, 0.2) is 0 Å². The number of carboxylic acid groups (broad SMARTS) is 1. The van der Waals surface area contributed by atoms with Crippen molar-refractivity contribution in [1.82, 2.24) is 10.6 Å². The van der Waals surface area contributed by atoms with Gasteiger partial charge in [-0.2, -0.15) is 0 Å². The van der Waals surface area contributed by atoms with Gasteiger partial charge in [-0.15, -0.1) is 0 Å². The number of carboxylic acids is 1. The fourth-order valence-corrected chi connectivity index (χ4v) is 1.73. The monoisotopic (exact) mass is 300 g/mol. The van der Waals surface area contributed by atoms with Crippen LogP contribution in [0.1, 0.15) is 19.4 Å². The molecule has 0 radical (unpaired) electrons. The summed E-state index contributed by atoms with van der Waals surface area (Å²) in [6.07, 6.45) is 0. The number of hydrogen-bond acceptors (Lipinski definition) is 2. The van der Waals surface area contributed by atoms with Crippen LogP contribution in [0.5, 0.6) is 0 Å². The molecule has 1 aromatic carbocycles. The molecule has 7 heteroatoms. The zero-order valence-electron chi connectivity index (χ0n) is 11.8. The molecule has 0 bridgehead atoms. The molecule has 1 atom stereocenters. The average molecular weight is 300 g/mol. The normalized spacial score (nSPS) is 12.0. The highest BCUT2D eigenvalue weighted by Crippen LogP contribution is 2.10. The van der Waals surface area contributed by atoms with Crippen LogP contribution in [0.15, 0.2) is 18.2 Å². The first-order valence-electron chi connectivity index (χ1n) is 6.49. The van der Waals surface area contributed by atoms with Gasteiger partial charge in [0, 0.05) is 18.7 Å². The van der Waals surface area contributed by atoms with E-state index in [0.717, 1.165) is 18.2 Å². The van der Waals surface area contributed by atoms with E-state index in [2.05, 4.69) is 10.6 Å². The van der Waals surface area contributed by atoms with Crippen molar-refractivity contribution in [1.29, 1.82) is 0 Å². The Hall–Kier alpha value is -2.18. The molecule has 21 heavy (non-hydrogen) atoms. The van der Waals surface area contributed by atoms with Crippen LogP contribution >= 0.6 is 0 Å². The van der Waals surface area contributed by atoms with Crippen molar-refractivity contribution >= 4 is 12.0 Å². The summed E-state index contributed by atoms with van der Waals surface area (Å²) in [7, 11) is 0. The zero-order valence-corrected chi connectivity index (χ0v) is 11.8. The first-order chi connectivity index (χ1) is 9.81. The minimum atomic E-state index is -0.999. The highest BCUT2D eigenvalue weighted by Gasteiger charge is 2.21. The van der Waals surface area contributed by atoms with E-state index in [1.165, 1.54) is 0 Å². The number of amides is 2. The van der Waals surface area contributed by atoms with E-state index >= 15 is 0 Å². The number of rotatable bonds is 6. The number of urea groups is 1. The lowest BCUT2D eigenvalue weighted by molar-refractivity contribution is -0.142. The molecular formula is C14H18F2N2O3. The van der Waals surface area contributed by atoms with Crippen LogP contribution < -0.4 is 10.6 Å². The van der Waals surface area contributed by atoms with Gasteiger partial charge in [0.2, 0.25) is 0 Å². The quantitative estimate of drug-likeness (QED) is 0.753. The number of carbonyl (C=O) groups excluding carboxylic acids is 1. The molecule has 116 valence electrons. The van der Waals surface area contributed by atoms with Crippen LogP contribution in [0, 0.1) is 23.5 Å². The number of aliphatic carboxylic acids is 1. The highest BCUT2D eigenvalue weighted by molar-refractivity contribution is 5.75. The Morgan fingerprint density at radius 1 is 1.24 bits per heavy atom. The van der Waals surface area contributed by atoms with Gasteiger partial charge in [0.25, 0.3) is 0 Å².